The summed E-state index contributed by atoms with van der Waals surface area (Å²) in [5.41, 5.74) is 4.44. The second kappa shape index (κ2) is 6.12. The standard InChI is InChI=1S/C18H19N3O2/c1-3-21-16-9-8-15(10-13(16)11-17(21)22)20-18(23)19-14-6-4-12(2)5-7-14/h4-10H,3,11H2,1-2H3,(H2,19,20,23). The molecule has 3 amide bonds. The number of likely N-dealkylation sites (N-methyl/N-ethyl adjacent to an activating group) is 1. The first-order valence-electron chi connectivity index (χ1n) is 7.65. The van der Waals surface area contributed by atoms with Crippen molar-refractivity contribution in [2.45, 2.75) is 20.3 Å². The minimum Gasteiger partial charge on any atom is -0.312 e. The van der Waals surface area contributed by atoms with Gasteiger partial charge < -0.3 is 15.5 Å². The molecule has 0 spiro atoms. The minimum absolute atomic E-state index is 0.101. The van der Waals surface area contributed by atoms with Crippen molar-refractivity contribution in [3.63, 3.8) is 0 Å². The Morgan fingerprint density at radius 1 is 1.09 bits per heavy atom. The summed E-state index contributed by atoms with van der Waals surface area (Å²) < 4.78 is 0. The molecule has 0 aromatic heterocycles. The number of nitrogens with one attached hydrogen (secondary N) is 2. The lowest BCUT2D eigenvalue weighted by atomic mass is 10.1. The van der Waals surface area contributed by atoms with Crippen molar-refractivity contribution in [1.82, 2.24) is 0 Å². The first-order valence-corrected chi connectivity index (χ1v) is 7.65. The van der Waals surface area contributed by atoms with E-state index in [0.29, 0.717) is 18.7 Å². The number of anilines is 3. The van der Waals surface area contributed by atoms with Gasteiger partial charge in [-0.15, -0.1) is 0 Å². The SMILES string of the molecule is CCN1C(=O)Cc2cc(NC(=O)Nc3ccc(C)cc3)ccc21. The summed E-state index contributed by atoms with van der Waals surface area (Å²) in [6.07, 6.45) is 0.387. The maximum Gasteiger partial charge on any atom is 0.323 e. The van der Waals surface area contributed by atoms with Gasteiger partial charge in [-0.05, 0) is 49.7 Å². The zero-order valence-electron chi connectivity index (χ0n) is 13.2. The molecule has 0 saturated carbocycles. The van der Waals surface area contributed by atoms with Gasteiger partial charge in [0, 0.05) is 23.6 Å². The van der Waals surface area contributed by atoms with Crippen LogP contribution >= 0.6 is 0 Å². The van der Waals surface area contributed by atoms with Crippen LogP contribution in [0, 0.1) is 6.92 Å². The number of benzene rings is 2. The van der Waals surface area contributed by atoms with Crippen molar-refractivity contribution in [2.75, 3.05) is 22.1 Å². The maximum absolute atomic E-state index is 12.1. The van der Waals surface area contributed by atoms with E-state index in [1.54, 1.807) is 4.90 Å². The normalized spacial score (nSPS) is 13.0. The van der Waals surface area contributed by atoms with Crippen LogP contribution in [0.3, 0.4) is 0 Å². The molecule has 2 aromatic rings. The fourth-order valence-corrected chi connectivity index (χ4v) is 2.74. The second-order valence-corrected chi connectivity index (χ2v) is 5.60. The van der Waals surface area contributed by atoms with Gasteiger partial charge in [0.1, 0.15) is 0 Å². The van der Waals surface area contributed by atoms with Crippen molar-refractivity contribution >= 4 is 29.0 Å². The number of fused-ring (bicyclic) bond motifs is 1. The number of carbonyl (C=O) groups is 2. The molecule has 1 aliphatic heterocycles. The van der Waals surface area contributed by atoms with Crippen LogP contribution in [0.1, 0.15) is 18.1 Å². The molecule has 1 aliphatic rings. The number of hydrogen-bond donors (Lipinski definition) is 2. The number of amides is 3. The van der Waals surface area contributed by atoms with E-state index in [9.17, 15) is 9.59 Å². The minimum atomic E-state index is -0.300. The Morgan fingerprint density at radius 2 is 1.74 bits per heavy atom. The highest BCUT2D eigenvalue weighted by Crippen LogP contribution is 2.31. The van der Waals surface area contributed by atoms with Crippen LogP contribution in [-0.2, 0) is 11.2 Å². The van der Waals surface area contributed by atoms with E-state index in [-0.39, 0.29) is 11.9 Å². The molecule has 0 radical (unpaired) electrons. The zero-order chi connectivity index (χ0) is 16.4. The monoisotopic (exact) mass is 309 g/mol. The first kappa shape index (κ1) is 15.1. The zero-order valence-corrected chi connectivity index (χ0v) is 13.2. The summed E-state index contributed by atoms with van der Waals surface area (Å²) in [5, 5.41) is 5.59. The van der Waals surface area contributed by atoms with Crippen molar-refractivity contribution in [3.05, 3.63) is 53.6 Å². The molecule has 0 bridgehead atoms. The van der Waals surface area contributed by atoms with Crippen LogP contribution < -0.4 is 15.5 Å². The average molecular weight is 309 g/mol. The fourth-order valence-electron chi connectivity index (χ4n) is 2.74. The molecule has 3 rings (SSSR count). The fraction of sp³-hybridized carbons (Fsp3) is 0.222. The van der Waals surface area contributed by atoms with Crippen molar-refractivity contribution < 1.29 is 9.59 Å². The Kier molecular flexibility index (Phi) is 4.02. The molecule has 118 valence electrons. The predicted molar refractivity (Wildman–Crippen MR) is 92.0 cm³/mol. The largest absolute Gasteiger partial charge is 0.323 e. The van der Waals surface area contributed by atoms with Crippen LogP contribution in [0.15, 0.2) is 42.5 Å². The van der Waals surface area contributed by atoms with Gasteiger partial charge in [-0.2, -0.15) is 0 Å². The summed E-state index contributed by atoms with van der Waals surface area (Å²) >= 11 is 0. The Balaban J connectivity index is 1.69. The maximum atomic E-state index is 12.1. The van der Waals surface area contributed by atoms with Gasteiger partial charge in [-0.3, -0.25) is 4.79 Å². The van der Waals surface area contributed by atoms with Crippen LogP contribution in [0.4, 0.5) is 21.9 Å². The molecular weight excluding hydrogens is 290 g/mol. The number of aryl methyl sites for hydroxylation is 1. The highest BCUT2D eigenvalue weighted by atomic mass is 16.2. The Morgan fingerprint density at radius 3 is 2.43 bits per heavy atom. The number of hydrogen-bond acceptors (Lipinski definition) is 2. The molecule has 0 fully saturated rings. The molecule has 0 atom stereocenters. The topological polar surface area (TPSA) is 61.4 Å². The van der Waals surface area contributed by atoms with E-state index >= 15 is 0 Å². The Labute approximate surface area is 135 Å². The molecule has 0 saturated heterocycles. The van der Waals surface area contributed by atoms with E-state index in [2.05, 4.69) is 10.6 Å². The lowest BCUT2D eigenvalue weighted by Crippen LogP contribution is -2.25. The predicted octanol–water partition coefficient (Wildman–Crippen LogP) is 3.55. The first-order chi connectivity index (χ1) is 11.1. The van der Waals surface area contributed by atoms with Crippen molar-refractivity contribution in [2.24, 2.45) is 0 Å². The molecule has 5 heteroatoms. The van der Waals surface area contributed by atoms with Crippen LogP contribution in [0.2, 0.25) is 0 Å². The Bertz CT molecular complexity index is 753. The third-order valence-corrected chi connectivity index (χ3v) is 3.90. The van der Waals surface area contributed by atoms with Gasteiger partial charge in [0.05, 0.1) is 6.42 Å². The van der Waals surface area contributed by atoms with Crippen LogP contribution in [0.5, 0.6) is 0 Å². The van der Waals surface area contributed by atoms with E-state index < -0.39 is 0 Å². The average Bonchev–Trinajstić information content (AvgIpc) is 2.83. The Hall–Kier alpha value is -2.82. The van der Waals surface area contributed by atoms with E-state index in [1.807, 2.05) is 56.3 Å². The molecule has 1 heterocycles. The molecule has 0 aliphatic carbocycles. The number of urea groups is 1. The molecule has 2 aromatic carbocycles. The van der Waals surface area contributed by atoms with Crippen molar-refractivity contribution in [3.8, 4) is 0 Å². The van der Waals surface area contributed by atoms with Gasteiger partial charge in [-0.25, -0.2) is 4.79 Å². The lowest BCUT2D eigenvalue weighted by Gasteiger charge is -2.15. The van der Waals surface area contributed by atoms with Gasteiger partial charge in [0.15, 0.2) is 0 Å². The van der Waals surface area contributed by atoms with E-state index in [1.165, 1.54) is 0 Å². The van der Waals surface area contributed by atoms with Crippen LogP contribution in [-0.4, -0.2) is 18.5 Å². The van der Waals surface area contributed by atoms with Gasteiger partial charge in [0.25, 0.3) is 0 Å². The number of rotatable bonds is 3. The third kappa shape index (κ3) is 3.18. The second-order valence-electron chi connectivity index (χ2n) is 5.60. The van der Waals surface area contributed by atoms with Gasteiger partial charge >= 0.3 is 6.03 Å². The quantitative estimate of drug-likeness (QED) is 0.911. The highest BCUT2D eigenvalue weighted by Gasteiger charge is 2.25. The smallest absolute Gasteiger partial charge is 0.312 e. The third-order valence-electron chi connectivity index (χ3n) is 3.90. The molecule has 5 nitrogen and oxygen atoms in total. The van der Waals surface area contributed by atoms with Crippen molar-refractivity contribution in [1.29, 1.82) is 0 Å². The summed E-state index contributed by atoms with van der Waals surface area (Å²) in [4.78, 5) is 25.7. The molecular formula is C18H19N3O2. The lowest BCUT2D eigenvalue weighted by molar-refractivity contribution is -0.117. The molecule has 2 N–H and O–H groups in total. The summed E-state index contributed by atoms with van der Waals surface area (Å²) in [7, 11) is 0. The van der Waals surface area contributed by atoms with Gasteiger partial charge in [-0.1, -0.05) is 17.7 Å². The van der Waals surface area contributed by atoms with Gasteiger partial charge in [0.2, 0.25) is 5.91 Å². The highest BCUT2D eigenvalue weighted by molar-refractivity contribution is 6.03. The molecule has 23 heavy (non-hydrogen) atoms. The summed E-state index contributed by atoms with van der Waals surface area (Å²) in [5.74, 6) is 0.101. The summed E-state index contributed by atoms with van der Waals surface area (Å²) in [6, 6.07) is 12.8. The summed E-state index contributed by atoms with van der Waals surface area (Å²) in [6.45, 7) is 4.61. The number of carbonyl (C=O) groups excluding carboxylic acids is 2. The van der Waals surface area contributed by atoms with E-state index in [0.717, 1.165) is 22.5 Å². The molecule has 0 unspecified atom stereocenters. The van der Waals surface area contributed by atoms with Crippen LogP contribution in [0.25, 0.3) is 0 Å². The van der Waals surface area contributed by atoms with E-state index in [4.69, 9.17) is 0 Å². The number of nitrogens with zero attached hydrogens (tertiary/aromatic N) is 1.